The Bertz CT molecular complexity index is 834. The lowest BCUT2D eigenvalue weighted by Crippen LogP contribution is -2.19. The van der Waals surface area contributed by atoms with E-state index in [1.54, 1.807) is 24.3 Å². The molecule has 0 aliphatic carbocycles. The molecule has 7 nitrogen and oxygen atoms in total. The second kappa shape index (κ2) is 8.37. The number of likely N-dealkylation sites (N-methyl/N-ethyl adjacent to an activating group) is 1. The van der Waals surface area contributed by atoms with Crippen LogP contribution in [0.4, 0.5) is 11.5 Å². The Morgan fingerprint density at radius 1 is 1.12 bits per heavy atom. The maximum Gasteiger partial charge on any atom is 0.263 e. The molecule has 0 saturated carbocycles. The highest BCUT2D eigenvalue weighted by Gasteiger charge is 2.16. The van der Waals surface area contributed by atoms with Crippen LogP contribution in [0.1, 0.15) is 5.56 Å². The fourth-order valence-corrected chi connectivity index (χ4v) is 3.26. The minimum absolute atomic E-state index is 0.119. The number of aryl methyl sites for hydroxylation is 1. The van der Waals surface area contributed by atoms with Crippen molar-refractivity contribution >= 4 is 21.5 Å². The van der Waals surface area contributed by atoms with Crippen LogP contribution in [0, 0.1) is 6.92 Å². The van der Waals surface area contributed by atoms with Crippen LogP contribution in [0.3, 0.4) is 0 Å². The van der Waals surface area contributed by atoms with E-state index in [2.05, 4.69) is 9.71 Å². The van der Waals surface area contributed by atoms with E-state index in [-0.39, 0.29) is 4.90 Å². The number of nitrogens with one attached hydrogen (secondary N) is 1. The lowest BCUT2D eigenvalue weighted by molar-refractivity contribution is 0.261. The SMILES string of the molecule is Cc1cc(OCCN(C)C)ccc1NS(=O)(=O)c1ccc(N(C)C)nc1. The summed E-state index contributed by atoms with van der Waals surface area (Å²) < 4.78 is 33.4. The number of anilines is 2. The van der Waals surface area contributed by atoms with Crippen molar-refractivity contribution in [3.63, 3.8) is 0 Å². The molecule has 2 aromatic rings. The van der Waals surface area contributed by atoms with Crippen LogP contribution in [0.5, 0.6) is 5.75 Å². The molecule has 142 valence electrons. The Hall–Kier alpha value is -2.32. The Kier molecular flexibility index (Phi) is 6.44. The van der Waals surface area contributed by atoms with Gasteiger partial charge in [-0.25, -0.2) is 13.4 Å². The molecule has 0 atom stereocenters. The predicted molar refractivity (Wildman–Crippen MR) is 105 cm³/mol. The van der Waals surface area contributed by atoms with Gasteiger partial charge in [0.1, 0.15) is 23.1 Å². The summed E-state index contributed by atoms with van der Waals surface area (Å²) in [6.45, 7) is 3.22. The van der Waals surface area contributed by atoms with E-state index in [1.165, 1.54) is 6.20 Å². The Morgan fingerprint density at radius 2 is 1.85 bits per heavy atom. The van der Waals surface area contributed by atoms with Crippen LogP contribution in [0.15, 0.2) is 41.4 Å². The topological polar surface area (TPSA) is 74.8 Å². The highest BCUT2D eigenvalue weighted by atomic mass is 32.2. The average molecular weight is 378 g/mol. The fourth-order valence-electron chi connectivity index (χ4n) is 2.19. The summed E-state index contributed by atoms with van der Waals surface area (Å²) in [6.07, 6.45) is 1.35. The van der Waals surface area contributed by atoms with Crippen molar-refractivity contribution in [3.05, 3.63) is 42.1 Å². The summed E-state index contributed by atoms with van der Waals surface area (Å²) in [5.41, 5.74) is 1.30. The molecular weight excluding hydrogens is 352 g/mol. The molecule has 0 aliphatic rings. The van der Waals surface area contributed by atoms with Crippen molar-refractivity contribution in [2.75, 3.05) is 51.0 Å². The Morgan fingerprint density at radius 3 is 2.38 bits per heavy atom. The van der Waals surface area contributed by atoms with Crippen molar-refractivity contribution in [2.24, 2.45) is 0 Å². The van der Waals surface area contributed by atoms with Crippen molar-refractivity contribution in [1.29, 1.82) is 0 Å². The maximum absolute atomic E-state index is 12.6. The number of nitrogens with zero attached hydrogens (tertiary/aromatic N) is 3. The van der Waals surface area contributed by atoms with E-state index in [0.29, 0.717) is 23.9 Å². The van der Waals surface area contributed by atoms with E-state index in [0.717, 1.165) is 12.1 Å². The summed E-state index contributed by atoms with van der Waals surface area (Å²) in [6, 6.07) is 8.50. The summed E-state index contributed by atoms with van der Waals surface area (Å²) >= 11 is 0. The number of sulfonamides is 1. The maximum atomic E-state index is 12.6. The second-order valence-electron chi connectivity index (χ2n) is 6.48. The highest BCUT2D eigenvalue weighted by Crippen LogP contribution is 2.24. The van der Waals surface area contributed by atoms with Crippen molar-refractivity contribution in [3.8, 4) is 5.75 Å². The van der Waals surface area contributed by atoms with Gasteiger partial charge in [0, 0.05) is 26.8 Å². The minimum Gasteiger partial charge on any atom is -0.492 e. The lowest BCUT2D eigenvalue weighted by Gasteiger charge is -2.15. The van der Waals surface area contributed by atoms with Gasteiger partial charge in [-0.3, -0.25) is 4.72 Å². The molecule has 0 radical (unpaired) electrons. The third kappa shape index (κ3) is 5.34. The van der Waals surface area contributed by atoms with Gasteiger partial charge < -0.3 is 14.5 Å². The molecule has 0 unspecified atom stereocenters. The van der Waals surface area contributed by atoms with Gasteiger partial charge in [-0.05, 0) is 56.9 Å². The van der Waals surface area contributed by atoms with Gasteiger partial charge in [0.25, 0.3) is 10.0 Å². The van der Waals surface area contributed by atoms with Crippen molar-refractivity contribution < 1.29 is 13.2 Å². The first-order valence-electron chi connectivity index (χ1n) is 8.23. The number of hydrogen-bond acceptors (Lipinski definition) is 6. The van der Waals surface area contributed by atoms with Gasteiger partial charge in [0.05, 0.1) is 5.69 Å². The third-order valence-electron chi connectivity index (χ3n) is 3.74. The molecule has 1 aromatic carbocycles. The van der Waals surface area contributed by atoms with Gasteiger partial charge in [0.15, 0.2) is 0 Å². The van der Waals surface area contributed by atoms with Gasteiger partial charge in [-0.2, -0.15) is 0 Å². The van der Waals surface area contributed by atoms with E-state index in [4.69, 9.17) is 4.74 Å². The molecule has 0 fully saturated rings. The first kappa shape index (κ1) is 20.0. The zero-order valence-electron chi connectivity index (χ0n) is 15.9. The zero-order valence-corrected chi connectivity index (χ0v) is 16.7. The number of rotatable bonds is 8. The molecule has 8 heteroatoms. The minimum atomic E-state index is -3.70. The van der Waals surface area contributed by atoms with E-state index in [1.807, 2.05) is 51.0 Å². The molecule has 1 aromatic heterocycles. The summed E-state index contributed by atoms with van der Waals surface area (Å²) in [4.78, 5) is 8.11. The molecule has 26 heavy (non-hydrogen) atoms. The van der Waals surface area contributed by atoms with Crippen LogP contribution in [0.25, 0.3) is 0 Å². The third-order valence-corrected chi connectivity index (χ3v) is 5.09. The summed E-state index contributed by atoms with van der Waals surface area (Å²) in [7, 11) is 3.95. The smallest absolute Gasteiger partial charge is 0.263 e. The molecule has 0 aliphatic heterocycles. The molecule has 1 N–H and O–H groups in total. The second-order valence-corrected chi connectivity index (χ2v) is 8.16. The van der Waals surface area contributed by atoms with Gasteiger partial charge in [-0.1, -0.05) is 0 Å². The van der Waals surface area contributed by atoms with Crippen LogP contribution in [-0.2, 0) is 10.0 Å². The first-order valence-corrected chi connectivity index (χ1v) is 9.72. The van der Waals surface area contributed by atoms with Gasteiger partial charge in [-0.15, -0.1) is 0 Å². The fraction of sp³-hybridized carbons (Fsp3) is 0.389. The van der Waals surface area contributed by atoms with Crippen molar-refractivity contribution in [2.45, 2.75) is 11.8 Å². The molecule has 0 amide bonds. The number of aromatic nitrogens is 1. The lowest BCUT2D eigenvalue weighted by atomic mass is 10.2. The predicted octanol–water partition coefficient (Wildman–Crippen LogP) is 2.20. The highest BCUT2D eigenvalue weighted by molar-refractivity contribution is 7.92. The monoisotopic (exact) mass is 378 g/mol. The van der Waals surface area contributed by atoms with E-state index in [9.17, 15) is 8.42 Å². The van der Waals surface area contributed by atoms with Crippen LogP contribution >= 0.6 is 0 Å². The Labute approximate surface area is 155 Å². The number of ether oxygens (including phenoxy) is 1. The average Bonchev–Trinajstić information content (AvgIpc) is 2.57. The van der Waals surface area contributed by atoms with Crippen LogP contribution in [-0.4, -0.2) is 59.6 Å². The number of hydrogen-bond donors (Lipinski definition) is 1. The molecule has 0 saturated heterocycles. The van der Waals surface area contributed by atoms with Gasteiger partial charge in [0.2, 0.25) is 0 Å². The quantitative estimate of drug-likeness (QED) is 0.759. The first-order chi connectivity index (χ1) is 12.2. The molecule has 1 heterocycles. The Balaban J connectivity index is 2.11. The van der Waals surface area contributed by atoms with Crippen LogP contribution < -0.4 is 14.4 Å². The largest absolute Gasteiger partial charge is 0.492 e. The molecular formula is C18H26N4O3S. The molecule has 2 rings (SSSR count). The van der Waals surface area contributed by atoms with E-state index < -0.39 is 10.0 Å². The summed E-state index contributed by atoms with van der Waals surface area (Å²) in [5, 5.41) is 0. The number of pyridine rings is 1. The van der Waals surface area contributed by atoms with Crippen molar-refractivity contribution in [1.82, 2.24) is 9.88 Å². The number of benzene rings is 1. The van der Waals surface area contributed by atoms with E-state index >= 15 is 0 Å². The van der Waals surface area contributed by atoms with Gasteiger partial charge >= 0.3 is 0 Å². The van der Waals surface area contributed by atoms with Crippen LogP contribution in [0.2, 0.25) is 0 Å². The zero-order chi connectivity index (χ0) is 19.3. The summed E-state index contributed by atoms with van der Waals surface area (Å²) in [5.74, 6) is 1.41. The molecule has 0 spiro atoms. The molecule has 0 bridgehead atoms. The standard InChI is InChI=1S/C18H26N4O3S/c1-14-12-15(25-11-10-21(2)3)6-8-17(14)20-26(23,24)16-7-9-18(19-13-16)22(4)5/h6-9,12-13,20H,10-11H2,1-5H3. The normalized spacial score (nSPS) is 11.5.